The van der Waals surface area contributed by atoms with Crippen molar-refractivity contribution in [3.8, 4) is 5.75 Å². The molecule has 0 atom stereocenters. The third-order valence-electron chi connectivity index (χ3n) is 3.83. The van der Waals surface area contributed by atoms with Gasteiger partial charge in [-0.25, -0.2) is 4.98 Å². The standard InChI is InChI=1S/C16H12N4O6S/c1-8-10(19(22)23)6-9(7-11(8)20(24)25)15(21)18-16-17-14-12(26-2)4-3-5-13(14)27-16/h3-7H,1-2H3,(H,17,18,21). The van der Waals surface area contributed by atoms with Gasteiger partial charge in [0.25, 0.3) is 17.3 Å². The molecule has 1 N–H and O–H groups in total. The summed E-state index contributed by atoms with van der Waals surface area (Å²) in [6, 6.07) is 7.31. The fraction of sp³-hybridized carbons (Fsp3) is 0.125. The van der Waals surface area contributed by atoms with Crippen LogP contribution in [0.1, 0.15) is 15.9 Å². The summed E-state index contributed by atoms with van der Waals surface area (Å²) < 4.78 is 5.98. The number of para-hydroxylation sites is 1. The lowest BCUT2D eigenvalue weighted by molar-refractivity contribution is -0.395. The van der Waals surface area contributed by atoms with E-state index in [9.17, 15) is 25.0 Å². The Labute approximate surface area is 155 Å². The summed E-state index contributed by atoms with van der Waals surface area (Å²) in [4.78, 5) is 37.5. The predicted molar refractivity (Wildman–Crippen MR) is 98.6 cm³/mol. The molecule has 2 aromatic carbocycles. The number of benzene rings is 2. The van der Waals surface area contributed by atoms with Gasteiger partial charge >= 0.3 is 0 Å². The number of thiazole rings is 1. The number of hydrogen-bond donors (Lipinski definition) is 1. The topological polar surface area (TPSA) is 138 Å². The highest BCUT2D eigenvalue weighted by molar-refractivity contribution is 7.22. The van der Waals surface area contributed by atoms with Crippen molar-refractivity contribution in [1.29, 1.82) is 0 Å². The maximum Gasteiger partial charge on any atom is 0.279 e. The van der Waals surface area contributed by atoms with E-state index in [4.69, 9.17) is 4.74 Å². The Morgan fingerprint density at radius 1 is 1.19 bits per heavy atom. The minimum atomic E-state index is -0.762. The van der Waals surface area contributed by atoms with Gasteiger partial charge in [0, 0.05) is 12.1 Å². The molecule has 0 radical (unpaired) electrons. The van der Waals surface area contributed by atoms with Crippen molar-refractivity contribution in [2.45, 2.75) is 6.92 Å². The predicted octanol–water partition coefficient (Wildman–Crippen LogP) is 3.68. The fourth-order valence-electron chi connectivity index (χ4n) is 2.51. The number of fused-ring (bicyclic) bond motifs is 1. The molecule has 0 fully saturated rings. The van der Waals surface area contributed by atoms with Gasteiger partial charge in [0.05, 0.1) is 27.2 Å². The lowest BCUT2D eigenvalue weighted by atomic mass is 10.1. The molecule has 0 aliphatic heterocycles. The van der Waals surface area contributed by atoms with Crippen LogP contribution in [0.5, 0.6) is 5.75 Å². The van der Waals surface area contributed by atoms with Crippen molar-refractivity contribution in [1.82, 2.24) is 4.98 Å². The normalized spacial score (nSPS) is 10.6. The van der Waals surface area contributed by atoms with Gasteiger partial charge in [0.2, 0.25) is 0 Å². The van der Waals surface area contributed by atoms with Gasteiger partial charge in [0.15, 0.2) is 5.13 Å². The van der Waals surface area contributed by atoms with E-state index in [-0.39, 0.29) is 16.3 Å². The Morgan fingerprint density at radius 2 is 1.81 bits per heavy atom. The van der Waals surface area contributed by atoms with Crippen molar-refractivity contribution in [3.63, 3.8) is 0 Å². The summed E-state index contributed by atoms with van der Waals surface area (Å²) in [6.45, 7) is 1.26. The highest BCUT2D eigenvalue weighted by Crippen LogP contribution is 2.33. The SMILES string of the molecule is COc1cccc2sc(NC(=O)c3cc([N+](=O)[O-])c(C)c([N+](=O)[O-])c3)nc12. The third-order valence-corrected chi connectivity index (χ3v) is 4.77. The van der Waals surface area contributed by atoms with Gasteiger partial charge in [-0.15, -0.1) is 0 Å². The minimum Gasteiger partial charge on any atom is -0.494 e. The van der Waals surface area contributed by atoms with Crippen molar-refractivity contribution in [2.24, 2.45) is 0 Å². The van der Waals surface area contributed by atoms with Gasteiger partial charge in [-0.2, -0.15) is 0 Å². The summed E-state index contributed by atoms with van der Waals surface area (Å²) in [5.74, 6) is -0.204. The average molecular weight is 388 g/mol. The molecule has 0 unspecified atom stereocenters. The van der Waals surface area contributed by atoms with Crippen molar-refractivity contribution in [3.05, 3.63) is 61.7 Å². The van der Waals surface area contributed by atoms with Crippen LogP contribution in [0.15, 0.2) is 30.3 Å². The smallest absolute Gasteiger partial charge is 0.279 e. The molecule has 0 saturated carbocycles. The first-order chi connectivity index (χ1) is 12.8. The number of aromatic nitrogens is 1. The number of ether oxygens (including phenoxy) is 1. The summed E-state index contributed by atoms with van der Waals surface area (Å²) >= 11 is 1.18. The molecule has 0 bridgehead atoms. The zero-order valence-electron chi connectivity index (χ0n) is 14.1. The van der Waals surface area contributed by atoms with E-state index in [1.807, 2.05) is 0 Å². The maximum atomic E-state index is 12.5. The Hall–Kier alpha value is -3.60. The number of amides is 1. The Morgan fingerprint density at radius 3 is 2.37 bits per heavy atom. The molecule has 11 heteroatoms. The van der Waals surface area contributed by atoms with Gasteiger partial charge in [0.1, 0.15) is 16.8 Å². The number of nitro groups is 2. The number of carbonyl (C=O) groups is 1. The van der Waals surface area contributed by atoms with Gasteiger partial charge in [-0.1, -0.05) is 17.4 Å². The van der Waals surface area contributed by atoms with Crippen LogP contribution >= 0.6 is 11.3 Å². The Kier molecular flexibility index (Phi) is 4.69. The second kappa shape index (κ2) is 6.96. The zero-order chi connectivity index (χ0) is 19.7. The summed E-state index contributed by atoms with van der Waals surface area (Å²) in [5, 5.41) is 25.0. The second-order valence-electron chi connectivity index (χ2n) is 5.43. The molecule has 0 spiro atoms. The van der Waals surface area contributed by atoms with Crippen molar-refractivity contribution in [2.75, 3.05) is 12.4 Å². The molecular weight excluding hydrogens is 376 g/mol. The number of rotatable bonds is 5. The second-order valence-corrected chi connectivity index (χ2v) is 6.46. The van der Waals surface area contributed by atoms with Crippen molar-refractivity contribution < 1.29 is 19.4 Å². The lowest BCUT2D eigenvalue weighted by Crippen LogP contribution is -2.13. The highest BCUT2D eigenvalue weighted by Gasteiger charge is 2.25. The molecule has 27 heavy (non-hydrogen) atoms. The third kappa shape index (κ3) is 3.40. The van der Waals surface area contributed by atoms with Gasteiger partial charge in [-0.05, 0) is 19.1 Å². The number of carbonyl (C=O) groups excluding carboxylic acids is 1. The number of methoxy groups -OCH3 is 1. The first-order valence-electron chi connectivity index (χ1n) is 7.50. The minimum absolute atomic E-state index is 0.119. The van der Waals surface area contributed by atoms with Crippen LogP contribution in [0.4, 0.5) is 16.5 Å². The number of anilines is 1. The first-order valence-corrected chi connectivity index (χ1v) is 8.31. The summed E-state index contributed by atoms with van der Waals surface area (Å²) in [5.41, 5.74) is -0.765. The lowest BCUT2D eigenvalue weighted by Gasteiger charge is -2.04. The molecule has 138 valence electrons. The Balaban J connectivity index is 1.99. The monoisotopic (exact) mass is 388 g/mol. The number of nitrogens with one attached hydrogen (secondary N) is 1. The number of hydrogen-bond acceptors (Lipinski definition) is 8. The summed E-state index contributed by atoms with van der Waals surface area (Å²) in [6.07, 6.45) is 0. The van der Waals surface area contributed by atoms with Crippen LogP contribution in [0, 0.1) is 27.2 Å². The molecule has 0 aliphatic carbocycles. The van der Waals surface area contributed by atoms with Gasteiger partial charge in [-0.3, -0.25) is 30.3 Å². The largest absolute Gasteiger partial charge is 0.494 e. The molecule has 1 amide bonds. The first kappa shape index (κ1) is 18.2. The number of nitrogens with zero attached hydrogens (tertiary/aromatic N) is 3. The highest BCUT2D eigenvalue weighted by atomic mass is 32.1. The van der Waals surface area contributed by atoms with E-state index < -0.39 is 27.1 Å². The average Bonchev–Trinajstić information content (AvgIpc) is 3.03. The van der Waals surface area contributed by atoms with Crippen LogP contribution in [0.25, 0.3) is 10.2 Å². The van der Waals surface area contributed by atoms with E-state index in [0.29, 0.717) is 11.3 Å². The number of nitro benzene ring substituents is 2. The molecular formula is C16H12N4O6S. The maximum absolute atomic E-state index is 12.5. The van der Waals surface area contributed by atoms with E-state index in [2.05, 4.69) is 10.3 Å². The molecule has 0 aliphatic rings. The van der Waals surface area contributed by atoms with Crippen LogP contribution in [0.2, 0.25) is 0 Å². The van der Waals surface area contributed by atoms with Crippen LogP contribution < -0.4 is 10.1 Å². The zero-order valence-corrected chi connectivity index (χ0v) is 14.9. The molecule has 1 aromatic heterocycles. The quantitative estimate of drug-likeness (QED) is 0.519. The van der Waals surface area contributed by atoms with E-state index in [1.54, 1.807) is 18.2 Å². The molecule has 3 rings (SSSR count). The van der Waals surface area contributed by atoms with Crippen LogP contribution in [-0.2, 0) is 0 Å². The fourth-order valence-corrected chi connectivity index (χ4v) is 3.38. The van der Waals surface area contributed by atoms with Crippen LogP contribution in [-0.4, -0.2) is 27.8 Å². The van der Waals surface area contributed by atoms with Crippen LogP contribution in [0.3, 0.4) is 0 Å². The molecule has 10 nitrogen and oxygen atoms in total. The molecule has 0 saturated heterocycles. The Bertz CT molecular complexity index is 1060. The van der Waals surface area contributed by atoms with E-state index >= 15 is 0 Å². The molecule has 3 aromatic rings. The molecule has 1 heterocycles. The van der Waals surface area contributed by atoms with E-state index in [1.165, 1.54) is 25.4 Å². The van der Waals surface area contributed by atoms with E-state index in [0.717, 1.165) is 16.8 Å². The van der Waals surface area contributed by atoms with Gasteiger partial charge < -0.3 is 4.74 Å². The van der Waals surface area contributed by atoms with Crippen molar-refractivity contribution >= 4 is 44.0 Å². The summed E-state index contributed by atoms with van der Waals surface area (Å²) in [7, 11) is 1.50.